The summed E-state index contributed by atoms with van der Waals surface area (Å²) in [7, 11) is 0. The first-order valence-electron chi connectivity index (χ1n) is 13.7. The summed E-state index contributed by atoms with van der Waals surface area (Å²) in [5.74, 6) is 0. The second-order valence-electron chi connectivity index (χ2n) is 9.79. The number of carbonyl (C=O) groups excluding carboxylic acids is 1. The van der Waals surface area contributed by atoms with Gasteiger partial charge in [0.15, 0.2) is 0 Å². The first-order valence-corrected chi connectivity index (χ1v) is 17.1. The average Bonchev–Trinajstić information content (AvgIpc) is 3.87. The molecule has 210 valence electrons. The van der Waals surface area contributed by atoms with E-state index in [4.69, 9.17) is 4.74 Å². The highest BCUT2D eigenvalue weighted by atomic mass is 32.1. The molecule has 0 aliphatic rings. The summed E-state index contributed by atoms with van der Waals surface area (Å²) >= 11 is 7.14. The van der Waals surface area contributed by atoms with Crippen molar-refractivity contribution in [2.45, 2.75) is 6.61 Å². The molecule has 4 aromatic heterocycles. The lowest BCUT2D eigenvalue weighted by Crippen LogP contribution is -2.06. The van der Waals surface area contributed by atoms with E-state index < -0.39 is 0 Å². The highest BCUT2D eigenvalue weighted by Gasteiger charge is 2.18. The summed E-state index contributed by atoms with van der Waals surface area (Å²) in [6.07, 6.45) is 4.55. The first kappa shape index (κ1) is 27.6. The van der Waals surface area contributed by atoms with Gasteiger partial charge in [-0.05, 0) is 93.8 Å². The molecule has 0 amide bonds. The van der Waals surface area contributed by atoms with Crippen molar-refractivity contribution in [2.75, 3.05) is 4.90 Å². The number of hydrogen-bond acceptors (Lipinski definition) is 7. The van der Waals surface area contributed by atoms with Crippen LogP contribution in [0.3, 0.4) is 0 Å². The van der Waals surface area contributed by atoms with Crippen LogP contribution < -0.4 is 4.90 Å². The maximum Gasteiger partial charge on any atom is 0.150 e. The van der Waals surface area contributed by atoms with Crippen LogP contribution in [0.1, 0.15) is 21.5 Å². The zero-order valence-corrected chi connectivity index (χ0v) is 26.1. The summed E-state index contributed by atoms with van der Waals surface area (Å²) in [5, 5.41) is 8.74. The molecule has 0 aliphatic heterocycles. The molecule has 0 saturated heterocycles. The summed E-state index contributed by atoms with van der Waals surface area (Å²) < 4.78 is 5.86. The van der Waals surface area contributed by atoms with Gasteiger partial charge in [0.05, 0.1) is 6.26 Å². The predicted molar refractivity (Wildman–Crippen MR) is 187 cm³/mol. The summed E-state index contributed by atoms with van der Waals surface area (Å²) in [6, 6.07) is 37.9. The standard InChI is InChI=1S/C36H25NO2S4/c38-23-28-21-26-5-1-2-6-27(26)22-29(28)24-39-18-17-25-9-11-30(12-10-25)37(35-15-13-33(42-35)31-7-3-19-40-31)36-16-14-34(43-36)32-8-4-20-41-32/h1-23H,24H2. The zero-order valence-electron chi connectivity index (χ0n) is 22.9. The lowest BCUT2D eigenvalue weighted by atomic mass is 10.0. The van der Waals surface area contributed by atoms with Gasteiger partial charge in [0.2, 0.25) is 0 Å². The number of ether oxygens (including phenoxy) is 1. The van der Waals surface area contributed by atoms with Crippen LogP contribution in [0.5, 0.6) is 0 Å². The number of rotatable bonds is 10. The lowest BCUT2D eigenvalue weighted by Gasteiger charge is -2.21. The molecule has 0 aliphatic carbocycles. The van der Waals surface area contributed by atoms with E-state index in [9.17, 15) is 4.79 Å². The molecular weight excluding hydrogens is 607 g/mol. The normalized spacial score (nSPS) is 11.3. The molecule has 3 aromatic carbocycles. The van der Waals surface area contributed by atoms with Gasteiger partial charge in [-0.2, -0.15) is 0 Å². The van der Waals surface area contributed by atoms with Crippen LogP contribution in [-0.4, -0.2) is 6.29 Å². The monoisotopic (exact) mass is 631 g/mol. The minimum absolute atomic E-state index is 0.331. The molecule has 43 heavy (non-hydrogen) atoms. The Morgan fingerprint density at radius 1 is 0.651 bits per heavy atom. The summed E-state index contributed by atoms with van der Waals surface area (Å²) in [6.45, 7) is 0.331. The molecular formula is C36H25NO2S4. The van der Waals surface area contributed by atoms with Crippen molar-refractivity contribution in [2.24, 2.45) is 0 Å². The van der Waals surface area contributed by atoms with Crippen LogP contribution in [0.2, 0.25) is 0 Å². The van der Waals surface area contributed by atoms with Crippen LogP contribution in [-0.2, 0) is 11.3 Å². The van der Waals surface area contributed by atoms with Crippen LogP contribution in [0.25, 0.3) is 36.4 Å². The van der Waals surface area contributed by atoms with Crippen LogP contribution in [0, 0.1) is 0 Å². The molecule has 0 fully saturated rings. The largest absolute Gasteiger partial charge is 0.496 e. The van der Waals surface area contributed by atoms with E-state index in [1.807, 2.05) is 42.5 Å². The number of aldehydes is 1. The van der Waals surface area contributed by atoms with Crippen LogP contribution in [0.4, 0.5) is 15.7 Å². The van der Waals surface area contributed by atoms with E-state index in [0.717, 1.165) is 33.9 Å². The van der Waals surface area contributed by atoms with Crippen molar-refractivity contribution in [1.29, 1.82) is 0 Å². The first-order chi connectivity index (χ1) is 21.2. The Labute approximate surface area is 266 Å². The fourth-order valence-electron chi connectivity index (χ4n) is 4.90. The van der Waals surface area contributed by atoms with Crippen molar-refractivity contribution >= 4 is 84.2 Å². The molecule has 0 bridgehead atoms. The predicted octanol–water partition coefficient (Wildman–Crippen LogP) is 11.9. The van der Waals surface area contributed by atoms with E-state index in [1.165, 1.54) is 29.5 Å². The van der Waals surface area contributed by atoms with Crippen molar-refractivity contribution in [3.8, 4) is 19.5 Å². The molecule has 0 N–H and O–H groups in total. The number of anilines is 3. The molecule has 7 rings (SSSR count). The highest BCUT2D eigenvalue weighted by Crippen LogP contribution is 2.46. The SMILES string of the molecule is O=Cc1cc2ccccc2cc1COC=Cc1ccc(N(c2ccc(-c3cccs3)s2)c2ccc(-c3cccs3)s2)cc1. The maximum absolute atomic E-state index is 11.7. The fourth-order valence-corrected chi connectivity index (χ4v) is 8.71. The molecule has 7 aromatic rings. The smallest absolute Gasteiger partial charge is 0.150 e. The Morgan fingerprint density at radius 2 is 1.28 bits per heavy atom. The number of carbonyl (C=O) groups is 1. The Bertz CT molecular complexity index is 1930. The molecule has 0 atom stereocenters. The highest BCUT2D eigenvalue weighted by molar-refractivity contribution is 7.25. The lowest BCUT2D eigenvalue weighted by molar-refractivity contribution is 0.112. The van der Waals surface area contributed by atoms with E-state index in [1.54, 1.807) is 51.6 Å². The molecule has 0 radical (unpaired) electrons. The molecule has 0 unspecified atom stereocenters. The third-order valence-electron chi connectivity index (χ3n) is 7.03. The van der Waals surface area contributed by atoms with Gasteiger partial charge in [-0.3, -0.25) is 9.69 Å². The molecule has 0 saturated carbocycles. The van der Waals surface area contributed by atoms with E-state index in [0.29, 0.717) is 12.2 Å². The van der Waals surface area contributed by atoms with Gasteiger partial charge in [-0.25, -0.2) is 0 Å². The van der Waals surface area contributed by atoms with E-state index in [2.05, 4.69) is 88.5 Å². The summed E-state index contributed by atoms with van der Waals surface area (Å²) in [5.41, 5.74) is 3.67. The number of benzene rings is 3. The van der Waals surface area contributed by atoms with Crippen molar-refractivity contribution in [3.05, 3.63) is 143 Å². The van der Waals surface area contributed by atoms with Crippen molar-refractivity contribution < 1.29 is 9.53 Å². The Hall–Kier alpha value is -4.27. The van der Waals surface area contributed by atoms with Crippen molar-refractivity contribution in [3.63, 3.8) is 0 Å². The van der Waals surface area contributed by atoms with Crippen LogP contribution in [0.15, 0.2) is 126 Å². The second kappa shape index (κ2) is 12.5. The van der Waals surface area contributed by atoms with E-state index in [-0.39, 0.29) is 0 Å². The van der Waals surface area contributed by atoms with Gasteiger partial charge >= 0.3 is 0 Å². The number of thiophene rings is 4. The third-order valence-corrected chi connectivity index (χ3v) is 11.3. The molecule has 3 nitrogen and oxygen atoms in total. The van der Waals surface area contributed by atoms with Gasteiger partial charge in [0, 0.05) is 36.3 Å². The average molecular weight is 632 g/mol. The number of fused-ring (bicyclic) bond motifs is 1. The van der Waals surface area contributed by atoms with Gasteiger partial charge in [0.25, 0.3) is 0 Å². The van der Waals surface area contributed by atoms with Gasteiger partial charge in [-0.1, -0.05) is 48.5 Å². The Balaban J connectivity index is 1.12. The van der Waals surface area contributed by atoms with Gasteiger partial charge in [-0.15, -0.1) is 45.3 Å². The Kier molecular flexibility index (Phi) is 8.03. The molecule has 7 heteroatoms. The zero-order chi connectivity index (χ0) is 29.0. The van der Waals surface area contributed by atoms with Gasteiger partial charge < -0.3 is 4.74 Å². The Morgan fingerprint density at radius 3 is 1.86 bits per heavy atom. The van der Waals surface area contributed by atoms with Crippen LogP contribution >= 0.6 is 45.3 Å². The minimum Gasteiger partial charge on any atom is -0.496 e. The topological polar surface area (TPSA) is 29.5 Å². The van der Waals surface area contributed by atoms with Crippen molar-refractivity contribution in [1.82, 2.24) is 0 Å². The third kappa shape index (κ3) is 5.98. The van der Waals surface area contributed by atoms with Gasteiger partial charge in [0.1, 0.15) is 22.9 Å². The molecule has 4 heterocycles. The number of nitrogens with zero attached hydrogens (tertiary/aromatic N) is 1. The van der Waals surface area contributed by atoms with E-state index >= 15 is 0 Å². The molecule has 0 spiro atoms. The summed E-state index contributed by atoms with van der Waals surface area (Å²) in [4.78, 5) is 19.1. The minimum atomic E-state index is 0.331. The second-order valence-corrected chi connectivity index (χ2v) is 13.8. The quantitative estimate of drug-likeness (QED) is 0.111. The maximum atomic E-state index is 11.7. The fraction of sp³-hybridized carbons (Fsp3) is 0.0278. The number of hydrogen-bond donors (Lipinski definition) is 0.